The Hall–Kier alpha value is -0.850. The van der Waals surface area contributed by atoms with Gasteiger partial charge in [-0.15, -0.1) is 0 Å². The van der Waals surface area contributed by atoms with Crippen molar-refractivity contribution in [3.63, 3.8) is 0 Å². The standard InChI is InChI=1S/C13H18BrFN2O2/c1-18-11-7-10(14)12(15)9(13(11)19-2)8-17-5-3-16-4-6-17/h7,16H,3-6,8H2,1-2H3. The van der Waals surface area contributed by atoms with Crippen molar-refractivity contribution in [3.8, 4) is 11.5 Å². The van der Waals surface area contributed by atoms with Crippen LogP contribution in [0.5, 0.6) is 11.5 Å². The molecule has 1 aromatic carbocycles. The quantitative estimate of drug-likeness (QED) is 0.914. The van der Waals surface area contributed by atoms with Gasteiger partial charge in [-0.1, -0.05) is 0 Å². The SMILES string of the molecule is COc1cc(Br)c(F)c(CN2CCNCC2)c1OC. The van der Waals surface area contributed by atoms with Crippen LogP contribution in [0.25, 0.3) is 0 Å². The molecule has 4 nitrogen and oxygen atoms in total. The van der Waals surface area contributed by atoms with Crippen LogP contribution in [-0.2, 0) is 6.54 Å². The van der Waals surface area contributed by atoms with Gasteiger partial charge in [0.1, 0.15) is 5.82 Å². The Kier molecular flexibility index (Phi) is 5.01. The van der Waals surface area contributed by atoms with E-state index in [4.69, 9.17) is 9.47 Å². The van der Waals surface area contributed by atoms with Gasteiger partial charge in [0.25, 0.3) is 0 Å². The first-order chi connectivity index (χ1) is 9.17. The zero-order chi connectivity index (χ0) is 13.8. The first-order valence-electron chi connectivity index (χ1n) is 6.19. The molecule has 1 heterocycles. The lowest BCUT2D eigenvalue weighted by molar-refractivity contribution is 0.225. The molecule has 106 valence electrons. The Bertz CT molecular complexity index is 451. The molecule has 0 bridgehead atoms. The summed E-state index contributed by atoms with van der Waals surface area (Å²) in [5.41, 5.74) is 0.538. The van der Waals surface area contributed by atoms with E-state index < -0.39 is 0 Å². The summed E-state index contributed by atoms with van der Waals surface area (Å²) in [5.74, 6) is 0.735. The normalized spacial score (nSPS) is 16.4. The van der Waals surface area contributed by atoms with Crippen LogP contribution in [-0.4, -0.2) is 45.3 Å². The molecule has 0 spiro atoms. The molecule has 0 aromatic heterocycles. The topological polar surface area (TPSA) is 33.7 Å². The molecule has 0 radical (unpaired) electrons. The zero-order valence-corrected chi connectivity index (χ0v) is 12.7. The molecule has 19 heavy (non-hydrogen) atoms. The fourth-order valence-electron chi connectivity index (χ4n) is 2.25. The van der Waals surface area contributed by atoms with Gasteiger partial charge in [0.15, 0.2) is 11.5 Å². The van der Waals surface area contributed by atoms with E-state index in [1.807, 2.05) is 0 Å². The highest BCUT2D eigenvalue weighted by atomic mass is 79.9. The highest BCUT2D eigenvalue weighted by Gasteiger charge is 2.21. The van der Waals surface area contributed by atoms with Gasteiger partial charge in [-0.25, -0.2) is 4.39 Å². The zero-order valence-electron chi connectivity index (χ0n) is 11.1. The lowest BCUT2D eigenvalue weighted by Crippen LogP contribution is -2.43. The van der Waals surface area contributed by atoms with Crippen molar-refractivity contribution >= 4 is 15.9 Å². The first kappa shape index (κ1) is 14.6. The van der Waals surface area contributed by atoms with Crippen LogP contribution < -0.4 is 14.8 Å². The third kappa shape index (κ3) is 3.19. The molecule has 6 heteroatoms. The van der Waals surface area contributed by atoms with Crippen molar-refractivity contribution in [1.82, 2.24) is 10.2 Å². The highest BCUT2D eigenvalue weighted by Crippen LogP contribution is 2.38. The van der Waals surface area contributed by atoms with Gasteiger partial charge in [-0.05, 0) is 15.9 Å². The second-order valence-corrected chi connectivity index (χ2v) is 5.27. The minimum Gasteiger partial charge on any atom is -0.493 e. The van der Waals surface area contributed by atoms with Crippen molar-refractivity contribution < 1.29 is 13.9 Å². The van der Waals surface area contributed by atoms with E-state index in [9.17, 15) is 4.39 Å². The van der Waals surface area contributed by atoms with E-state index in [2.05, 4.69) is 26.1 Å². The molecule has 0 unspecified atom stereocenters. The summed E-state index contributed by atoms with van der Waals surface area (Å²) >= 11 is 3.22. The van der Waals surface area contributed by atoms with Gasteiger partial charge in [-0.3, -0.25) is 4.90 Å². The molecule has 1 saturated heterocycles. The molecule has 0 amide bonds. The van der Waals surface area contributed by atoms with Crippen LogP contribution in [0.3, 0.4) is 0 Å². The van der Waals surface area contributed by atoms with Gasteiger partial charge >= 0.3 is 0 Å². The number of piperazine rings is 1. The monoisotopic (exact) mass is 332 g/mol. The minimum absolute atomic E-state index is 0.281. The van der Waals surface area contributed by atoms with Gasteiger partial charge in [0.2, 0.25) is 0 Å². The van der Waals surface area contributed by atoms with E-state index in [1.54, 1.807) is 13.2 Å². The number of rotatable bonds is 4. The van der Waals surface area contributed by atoms with E-state index in [0.29, 0.717) is 28.1 Å². The highest BCUT2D eigenvalue weighted by molar-refractivity contribution is 9.10. The van der Waals surface area contributed by atoms with Crippen molar-refractivity contribution in [2.75, 3.05) is 40.4 Å². The number of nitrogens with zero attached hydrogens (tertiary/aromatic N) is 1. The lowest BCUT2D eigenvalue weighted by Gasteiger charge is -2.28. The second kappa shape index (κ2) is 6.54. The molecule has 1 aromatic rings. The summed E-state index contributed by atoms with van der Waals surface area (Å²) in [5, 5.41) is 3.28. The van der Waals surface area contributed by atoms with Crippen LogP contribution in [0, 0.1) is 5.82 Å². The van der Waals surface area contributed by atoms with Gasteiger partial charge < -0.3 is 14.8 Å². The van der Waals surface area contributed by atoms with Crippen molar-refractivity contribution in [2.45, 2.75) is 6.54 Å². The Morgan fingerprint density at radius 3 is 2.58 bits per heavy atom. The summed E-state index contributed by atoms with van der Waals surface area (Å²) in [6.45, 7) is 4.17. The number of benzene rings is 1. The third-order valence-electron chi connectivity index (χ3n) is 3.25. The average molecular weight is 333 g/mol. The fraction of sp³-hybridized carbons (Fsp3) is 0.538. The maximum Gasteiger partial charge on any atom is 0.168 e. The summed E-state index contributed by atoms with van der Waals surface area (Å²) in [4.78, 5) is 2.20. The Balaban J connectivity index is 2.33. The van der Waals surface area contributed by atoms with Gasteiger partial charge in [0, 0.05) is 44.4 Å². The average Bonchev–Trinajstić information content (AvgIpc) is 2.44. The van der Waals surface area contributed by atoms with Crippen molar-refractivity contribution in [3.05, 3.63) is 21.9 Å². The number of ether oxygens (including phenoxy) is 2. The summed E-state index contributed by atoms with van der Waals surface area (Å²) in [7, 11) is 3.09. The Morgan fingerprint density at radius 2 is 2.00 bits per heavy atom. The number of hydrogen-bond acceptors (Lipinski definition) is 4. The number of nitrogens with one attached hydrogen (secondary N) is 1. The van der Waals surface area contributed by atoms with E-state index in [-0.39, 0.29) is 5.82 Å². The number of halogens is 2. The smallest absolute Gasteiger partial charge is 0.168 e. The lowest BCUT2D eigenvalue weighted by atomic mass is 10.1. The number of methoxy groups -OCH3 is 2. The summed E-state index contributed by atoms with van der Waals surface area (Å²) in [6.07, 6.45) is 0. The van der Waals surface area contributed by atoms with Crippen LogP contribution in [0.15, 0.2) is 10.5 Å². The molecule has 1 aliphatic heterocycles. The van der Waals surface area contributed by atoms with Crippen LogP contribution in [0.2, 0.25) is 0 Å². The predicted octanol–water partition coefficient (Wildman–Crippen LogP) is 2.01. The Morgan fingerprint density at radius 1 is 1.32 bits per heavy atom. The molecular formula is C13H18BrFN2O2. The second-order valence-electron chi connectivity index (χ2n) is 4.41. The predicted molar refractivity (Wildman–Crippen MR) is 75.4 cm³/mol. The summed E-state index contributed by atoms with van der Waals surface area (Å²) < 4.78 is 25.3. The summed E-state index contributed by atoms with van der Waals surface area (Å²) in [6, 6.07) is 1.59. The molecule has 1 N–H and O–H groups in total. The van der Waals surface area contributed by atoms with Gasteiger partial charge in [0.05, 0.1) is 18.7 Å². The van der Waals surface area contributed by atoms with Crippen LogP contribution in [0.1, 0.15) is 5.56 Å². The molecular weight excluding hydrogens is 315 g/mol. The fourth-order valence-corrected chi connectivity index (χ4v) is 2.69. The number of hydrogen-bond donors (Lipinski definition) is 1. The first-order valence-corrected chi connectivity index (χ1v) is 6.98. The third-order valence-corrected chi connectivity index (χ3v) is 3.82. The molecule has 1 fully saturated rings. The molecule has 1 aliphatic rings. The van der Waals surface area contributed by atoms with Gasteiger partial charge in [-0.2, -0.15) is 0 Å². The van der Waals surface area contributed by atoms with E-state index in [0.717, 1.165) is 26.2 Å². The molecule has 0 saturated carbocycles. The maximum atomic E-state index is 14.3. The van der Waals surface area contributed by atoms with Crippen molar-refractivity contribution in [1.29, 1.82) is 0 Å². The van der Waals surface area contributed by atoms with Crippen LogP contribution >= 0.6 is 15.9 Å². The van der Waals surface area contributed by atoms with Crippen molar-refractivity contribution in [2.24, 2.45) is 0 Å². The van der Waals surface area contributed by atoms with E-state index >= 15 is 0 Å². The largest absolute Gasteiger partial charge is 0.493 e. The molecule has 0 atom stereocenters. The molecule has 0 aliphatic carbocycles. The Labute approximate surface area is 121 Å². The van der Waals surface area contributed by atoms with E-state index in [1.165, 1.54) is 7.11 Å². The maximum absolute atomic E-state index is 14.3. The van der Waals surface area contributed by atoms with Crippen LogP contribution in [0.4, 0.5) is 4.39 Å². The minimum atomic E-state index is -0.281. The molecule has 2 rings (SSSR count).